The van der Waals surface area contributed by atoms with Crippen LogP contribution in [-0.2, 0) is 25.5 Å². The minimum absolute atomic E-state index is 0.0252. The predicted octanol–water partition coefficient (Wildman–Crippen LogP) is 3.28. The topological polar surface area (TPSA) is 95.1 Å². The standard InChI is InChI=1S/C35H48FN5O4/c1-39(16-11-24-10-4-5-13-37-24)35(44)26-21-41-28-18-22-8-2-3-9-23(22)19-29(28)45-34-31(27(36)20-25(32(34)41)33(26)43)38-30(42)12-17-40-14-6-7-15-40/h4-5,10,13,21-23,25,27-29,31-32,34H,2-3,6-9,11-12,14-20H2,1H3,(H,38,42). The minimum Gasteiger partial charge on any atom is -0.368 e. The smallest absolute Gasteiger partial charge is 0.258 e. The molecule has 9 unspecified atom stereocenters. The van der Waals surface area contributed by atoms with Gasteiger partial charge in [-0.05, 0) is 69.2 Å². The number of rotatable bonds is 8. The number of Topliss-reactive ketones (excluding diaryl/α,β-unsaturated/α-hetero) is 1. The van der Waals surface area contributed by atoms with Crippen molar-refractivity contribution in [2.75, 3.05) is 33.2 Å². The Morgan fingerprint density at radius 2 is 1.87 bits per heavy atom. The van der Waals surface area contributed by atoms with Crippen molar-refractivity contribution in [1.29, 1.82) is 0 Å². The molecule has 3 aliphatic carbocycles. The molecular weight excluding hydrogens is 573 g/mol. The summed E-state index contributed by atoms with van der Waals surface area (Å²) in [5.74, 6) is -0.299. The van der Waals surface area contributed by atoms with E-state index in [0.29, 0.717) is 37.8 Å². The minimum atomic E-state index is -1.43. The second kappa shape index (κ2) is 13.1. The molecule has 0 aromatic carbocycles. The van der Waals surface area contributed by atoms with E-state index in [1.165, 1.54) is 25.7 Å². The Hall–Kier alpha value is -2.85. The number of ether oxygens (including phenoxy) is 1. The molecule has 6 aliphatic rings. The van der Waals surface area contributed by atoms with Crippen LogP contribution in [0.25, 0.3) is 0 Å². The molecule has 7 rings (SSSR count). The van der Waals surface area contributed by atoms with Crippen LogP contribution in [0, 0.1) is 17.8 Å². The van der Waals surface area contributed by atoms with E-state index < -0.39 is 30.3 Å². The fourth-order valence-corrected chi connectivity index (χ4v) is 9.27. The Kier molecular flexibility index (Phi) is 8.96. The molecule has 244 valence electrons. The lowest BCUT2D eigenvalue weighted by atomic mass is 9.65. The lowest BCUT2D eigenvalue weighted by Gasteiger charge is -2.60. The van der Waals surface area contributed by atoms with Crippen molar-refractivity contribution in [3.8, 4) is 0 Å². The number of hydrogen-bond donors (Lipinski definition) is 1. The number of hydrogen-bond acceptors (Lipinski definition) is 7. The van der Waals surface area contributed by atoms with Crippen LogP contribution < -0.4 is 5.32 Å². The first-order valence-electron chi connectivity index (χ1n) is 17.4. The summed E-state index contributed by atoms with van der Waals surface area (Å²) in [7, 11) is 1.72. The molecule has 0 spiro atoms. The maximum Gasteiger partial charge on any atom is 0.258 e. The number of fused-ring (bicyclic) bond motifs is 3. The predicted molar refractivity (Wildman–Crippen MR) is 167 cm³/mol. The number of halogens is 1. The fraction of sp³-hybridized carbons (Fsp3) is 0.714. The van der Waals surface area contributed by atoms with Crippen LogP contribution in [0.15, 0.2) is 36.2 Å². The molecule has 0 radical (unpaired) electrons. The SMILES string of the molecule is CN(CCc1ccccn1)C(=O)C1=CN2C3CC4CCCCC4CC3OC3C(NC(=O)CCN4CCCC4)C(F)CC(C1=O)C32. The van der Waals surface area contributed by atoms with Crippen LogP contribution in [0.2, 0.25) is 0 Å². The molecule has 1 N–H and O–H groups in total. The number of morpholine rings is 1. The highest BCUT2D eigenvalue weighted by Gasteiger charge is 2.60. The fourth-order valence-electron chi connectivity index (χ4n) is 9.27. The van der Waals surface area contributed by atoms with Gasteiger partial charge >= 0.3 is 0 Å². The van der Waals surface area contributed by atoms with Gasteiger partial charge in [0.05, 0.1) is 29.8 Å². The van der Waals surface area contributed by atoms with Crippen LogP contribution >= 0.6 is 0 Å². The van der Waals surface area contributed by atoms with Gasteiger partial charge in [0.1, 0.15) is 12.3 Å². The molecule has 1 aromatic heterocycles. The Labute approximate surface area is 265 Å². The second-order valence-electron chi connectivity index (χ2n) is 14.4. The third kappa shape index (κ3) is 6.16. The van der Waals surface area contributed by atoms with Gasteiger partial charge in [0.2, 0.25) is 5.91 Å². The average molecular weight is 622 g/mol. The maximum absolute atomic E-state index is 16.2. The quantitative estimate of drug-likeness (QED) is 0.446. The van der Waals surface area contributed by atoms with Gasteiger partial charge in [-0.25, -0.2) is 4.39 Å². The van der Waals surface area contributed by atoms with Gasteiger partial charge in [0.15, 0.2) is 5.78 Å². The van der Waals surface area contributed by atoms with E-state index in [0.717, 1.165) is 44.5 Å². The van der Waals surface area contributed by atoms with E-state index >= 15 is 4.39 Å². The zero-order chi connectivity index (χ0) is 31.1. The Bertz CT molecular complexity index is 1290. The van der Waals surface area contributed by atoms with Gasteiger partial charge in [-0.15, -0.1) is 0 Å². The summed E-state index contributed by atoms with van der Waals surface area (Å²) < 4.78 is 23.0. The van der Waals surface area contributed by atoms with E-state index in [2.05, 4.69) is 20.1 Å². The molecule has 1 aromatic rings. The number of alkyl halides is 1. The molecule has 2 amide bonds. The van der Waals surface area contributed by atoms with E-state index in [1.807, 2.05) is 18.2 Å². The van der Waals surface area contributed by atoms with Gasteiger partial charge in [-0.3, -0.25) is 19.4 Å². The largest absolute Gasteiger partial charge is 0.368 e. The van der Waals surface area contributed by atoms with Crippen molar-refractivity contribution >= 4 is 17.6 Å². The van der Waals surface area contributed by atoms with Crippen LogP contribution in [-0.4, -0.2) is 107 Å². The van der Waals surface area contributed by atoms with E-state index in [9.17, 15) is 14.4 Å². The normalized spacial score (nSPS) is 36.0. The van der Waals surface area contributed by atoms with E-state index in [-0.39, 0.29) is 41.7 Å². The Morgan fingerprint density at radius 3 is 2.62 bits per heavy atom. The Balaban J connectivity index is 1.14. The van der Waals surface area contributed by atoms with Gasteiger partial charge in [-0.2, -0.15) is 0 Å². The highest BCUT2D eigenvalue weighted by molar-refractivity contribution is 6.20. The van der Waals surface area contributed by atoms with Crippen LogP contribution in [0.1, 0.15) is 69.9 Å². The molecule has 3 saturated carbocycles. The second-order valence-corrected chi connectivity index (χ2v) is 14.4. The van der Waals surface area contributed by atoms with Crippen molar-refractivity contribution in [2.45, 2.75) is 107 Å². The number of carbonyl (C=O) groups excluding carboxylic acids is 3. The number of nitrogens with one attached hydrogen (secondary N) is 1. The third-order valence-corrected chi connectivity index (χ3v) is 11.7. The van der Waals surface area contributed by atoms with Crippen molar-refractivity contribution in [1.82, 2.24) is 25.0 Å². The molecule has 45 heavy (non-hydrogen) atoms. The summed E-state index contributed by atoms with van der Waals surface area (Å²) >= 11 is 0. The van der Waals surface area contributed by atoms with Gasteiger partial charge < -0.3 is 24.8 Å². The van der Waals surface area contributed by atoms with Crippen LogP contribution in [0.5, 0.6) is 0 Å². The summed E-state index contributed by atoms with van der Waals surface area (Å²) in [6, 6.07) is 4.52. The van der Waals surface area contributed by atoms with Crippen LogP contribution in [0.4, 0.5) is 4.39 Å². The van der Waals surface area contributed by atoms with Crippen molar-refractivity contribution in [3.05, 3.63) is 41.9 Å². The number of aromatic nitrogens is 1. The Morgan fingerprint density at radius 1 is 1.09 bits per heavy atom. The van der Waals surface area contributed by atoms with Gasteiger partial charge in [-0.1, -0.05) is 31.7 Å². The highest BCUT2D eigenvalue weighted by atomic mass is 19.1. The molecule has 9 nitrogen and oxygen atoms in total. The van der Waals surface area contributed by atoms with E-state index in [4.69, 9.17) is 4.74 Å². The zero-order valence-corrected chi connectivity index (χ0v) is 26.5. The lowest BCUT2D eigenvalue weighted by molar-refractivity contribution is -0.208. The molecule has 3 aliphatic heterocycles. The molecule has 9 atom stereocenters. The first-order chi connectivity index (χ1) is 21.9. The first-order valence-corrected chi connectivity index (χ1v) is 17.4. The monoisotopic (exact) mass is 621 g/mol. The summed E-state index contributed by atoms with van der Waals surface area (Å²) in [5.41, 5.74) is 1.02. The zero-order valence-electron chi connectivity index (χ0n) is 26.5. The molecule has 0 bridgehead atoms. The van der Waals surface area contributed by atoms with Crippen LogP contribution in [0.3, 0.4) is 0 Å². The number of ketones is 1. The highest BCUT2D eigenvalue weighted by Crippen LogP contribution is 2.50. The van der Waals surface area contributed by atoms with Gasteiger partial charge in [0, 0.05) is 57.0 Å². The molecule has 2 saturated heterocycles. The maximum atomic E-state index is 16.2. The number of carbonyl (C=O) groups is 3. The third-order valence-electron chi connectivity index (χ3n) is 11.7. The summed E-state index contributed by atoms with van der Waals surface area (Å²) in [4.78, 5) is 51.5. The number of pyridine rings is 1. The summed E-state index contributed by atoms with van der Waals surface area (Å²) in [6.07, 6.45) is 11.2. The van der Waals surface area contributed by atoms with Crippen molar-refractivity contribution < 1.29 is 23.5 Å². The number of likely N-dealkylation sites (N-methyl/N-ethyl adjacent to an activating group) is 1. The lowest BCUT2D eigenvalue weighted by Crippen LogP contribution is -2.73. The molecule has 4 heterocycles. The summed E-state index contributed by atoms with van der Waals surface area (Å²) in [6.45, 7) is 3.11. The average Bonchev–Trinajstić information content (AvgIpc) is 3.58. The van der Waals surface area contributed by atoms with E-state index in [1.54, 1.807) is 24.3 Å². The first kappa shape index (κ1) is 30.8. The van der Waals surface area contributed by atoms with Crippen molar-refractivity contribution in [2.24, 2.45) is 17.8 Å². The number of likely N-dealkylation sites (tertiary alicyclic amines) is 1. The summed E-state index contributed by atoms with van der Waals surface area (Å²) in [5, 5.41) is 3.03. The molecule has 10 heteroatoms. The van der Waals surface area contributed by atoms with Gasteiger partial charge in [0.25, 0.3) is 5.91 Å². The number of nitrogens with zero attached hydrogens (tertiary/aromatic N) is 4. The number of amides is 2. The molecular formula is C35H48FN5O4. The van der Waals surface area contributed by atoms with Crippen molar-refractivity contribution in [3.63, 3.8) is 0 Å². The molecule has 5 fully saturated rings.